The van der Waals surface area contributed by atoms with Crippen molar-refractivity contribution in [3.8, 4) is 0 Å². The van der Waals surface area contributed by atoms with Gasteiger partial charge in [0.15, 0.2) is 0 Å². The van der Waals surface area contributed by atoms with E-state index in [-0.39, 0.29) is 12.4 Å². The molecule has 1 aliphatic rings. The zero-order valence-electron chi connectivity index (χ0n) is 8.87. The molecule has 0 bridgehead atoms. The Labute approximate surface area is 96.1 Å². The van der Waals surface area contributed by atoms with Gasteiger partial charge < -0.3 is 31.4 Å². The number of aliphatic hydroxyl groups excluding tert-OH is 3. The Hall–Kier alpha value is -1.48. The number of aromatic nitrogens is 2. The maximum absolute atomic E-state index is 10.9. The lowest BCUT2D eigenvalue weighted by molar-refractivity contribution is 0.0194. The van der Waals surface area contributed by atoms with E-state index < -0.39 is 30.0 Å². The van der Waals surface area contributed by atoms with E-state index in [2.05, 4.69) is 15.3 Å². The number of aromatic amines is 1. The van der Waals surface area contributed by atoms with Crippen LogP contribution in [0.15, 0.2) is 11.0 Å². The normalized spacial score (nSPS) is 32.9. The fourth-order valence-electron chi connectivity index (χ4n) is 1.97. The molecule has 4 atom stereocenters. The minimum atomic E-state index is -1.12. The molecule has 1 aromatic heterocycles. The standard InChI is InChI=1S/C9H14N4O4/c10-8-3(1-11-9(17)13-8)5-7(16)6(15)4(2-14)12-5/h1,4-7,12,14-16H,2H2,(H3,10,11,13,17)/t4-,5?,6-,7+/m1/s1. The average molecular weight is 242 g/mol. The average Bonchev–Trinajstić information content (AvgIpc) is 2.57. The zero-order chi connectivity index (χ0) is 12.6. The van der Waals surface area contributed by atoms with Crippen molar-refractivity contribution in [2.24, 2.45) is 0 Å². The lowest BCUT2D eigenvalue weighted by atomic mass is 10.0. The third-order valence-corrected chi connectivity index (χ3v) is 2.90. The van der Waals surface area contributed by atoms with Crippen molar-refractivity contribution in [3.05, 3.63) is 22.2 Å². The topological polar surface area (TPSA) is 144 Å². The molecule has 7 N–H and O–H groups in total. The Morgan fingerprint density at radius 2 is 2.12 bits per heavy atom. The number of nitrogens with one attached hydrogen (secondary N) is 2. The van der Waals surface area contributed by atoms with Crippen LogP contribution in [-0.4, -0.2) is 50.1 Å². The molecule has 1 saturated heterocycles. The van der Waals surface area contributed by atoms with Gasteiger partial charge in [-0.1, -0.05) is 0 Å². The first-order chi connectivity index (χ1) is 8.04. The molecule has 2 rings (SSSR count). The molecule has 0 amide bonds. The van der Waals surface area contributed by atoms with Crippen LogP contribution in [0.25, 0.3) is 0 Å². The van der Waals surface area contributed by atoms with Crippen LogP contribution in [0.4, 0.5) is 5.82 Å². The molecule has 0 spiro atoms. The van der Waals surface area contributed by atoms with Crippen LogP contribution in [0.3, 0.4) is 0 Å². The first-order valence-electron chi connectivity index (χ1n) is 5.12. The number of hydrogen-bond acceptors (Lipinski definition) is 7. The molecule has 8 nitrogen and oxygen atoms in total. The fourth-order valence-corrected chi connectivity index (χ4v) is 1.97. The number of aliphatic hydroxyl groups is 3. The van der Waals surface area contributed by atoms with E-state index in [1.165, 1.54) is 6.20 Å². The van der Waals surface area contributed by atoms with Crippen LogP contribution in [-0.2, 0) is 0 Å². The van der Waals surface area contributed by atoms with Gasteiger partial charge in [-0.3, -0.25) is 0 Å². The van der Waals surface area contributed by atoms with Crippen molar-refractivity contribution in [1.82, 2.24) is 15.3 Å². The number of nitrogens with two attached hydrogens (primary N) is 1. The molecule has 1 aliphatic heterocycles. The molecule has 2 heterocycles. The zero-order valence-corrected chi connectivity index (χ0v) is 8.87. The first-order valence-corrected chi connectivity index (χ1v) is 5.12. The van der Waals surface area contributed by atoms with Crippen molar-refractivity contribution in [3.63, 3.8) is 0 Å². The second-order valence-corrected chi connectivity index (χ2v) is 3.96. The summed E-state index contributed by atoms with van der Waals surface area (Å²) in [6, 6.07) is -1.31. The molecule has 1 fully saturated rings. The number of anilines is 1. The van der Waals surface area contributed by atoms with Gasteiger partial charge in [0.2, 0.25) is 0 Å². The Morgan fingerprint density at radius 1 is 1.41 bits per heavy atom. The predicted octanol–water partition coefficient (Wildman–Crippen LogP) is -2.92. The van der Waals surface area contributed by atoms with Gasteiger partial charge in [0.25, 0.3) is 0 Å². The van der Waals surface area contributed by atoms with Crippen molar-refractivity contribution >= 4 is 5.82 Å². The van der Waals surface area contributed by atoms with Gasteiger partial charge in [-0.2, -0.15) is 4.98 Å². The van der Waals surface area contributed by atoms with Crippen molar-refractivity contribution in [2.75, 3.05) is 12.3 Å². The highest BCUT2D eigenvalue weighted by Gasteiger charge is 2.42. The number of nitrogen functional groups attached to an aromatic ring is 1. The molecule has 0 saturated carbocycles. The van der Waals surface area contributed by atoms with E-state index in [9.17, 15) is 15.0 Å². The van der Waals surface area contributed by atoms with E-state index in [4.69, 9.17) is 10.8 Å². The van der Waals surface area contributed by atoms with Crippen LogP contribution in [0, 0.1) is 0 Å². The van der Waals surface area contributed by atoms with Crippen molar-refractivity contribution < 1.29 is 15.3 Å². The summed E-state index contributed by atoms with van der Waals surface area (Å²) in [6.07, 6.45) is -0.892. The van der Waals surface area contributed by atoms with E-state index >= 15 is 0 Å². The highest BCUT2D eigenvalue weighted by molar-refractivity contribution is 5.40. The smallest absolute Gasteiger partial charge is 0.346 e. The van der Waals surface area contributed by atoms with E-state index in [0.717, 1.165) is 0 Å². The predicted molar refractivity (Wildman–Crippen MR) is 58.0 cm³/mol. The van der Waals surface area contributed by atoms with Gasteiger partial charge in [0, 0.05) is 11.8 Å². The summed E-state index contributed by atoms with van der Waals surface area (Å²) < 4.78 is 0. The second kappa shape index (κ2) is 4.41. The summed E-state index contributed by atoms with van der Waals surface area (Å²) in [5.41, 5.74) is 5.37. The van der Waals surface area contributed by atoms with Gasteiger partial charge >= 0.3 is 5.69 Å². The van der Waals surface area contributed by atoms with Crippen LogP contribution in [0.2, 0.25) is 0 Å². The molecular formula is C9H14N4O4. The van der Waals surface area contributed by atoms with Gasteiger partial charge in [-0.25, -0.2) is 4.79 Å². The highest BCUT2D eigenvalue weighted by atomic mass is 16.3. The molecule has 1 unspecified atom stereocenters. The van der Waals surface area contributed by atoms with E-state index in [0.29, 0.717) is 5.56 Å². The molecule has 1 aromatic rings. The Balaban J connectivity index is 2.32. The monoisotopic (exact) mass is 242 g/mol. The van der Waals surface area contributed by atoms with E-state index in [1.54, 1.807) is 0 Å². The van der Waals surface area contributed by atoms with Gasteiger partial charge in [-0.15, -0.1) is 0 Å². The number of H-pyrrole nitrogens is 1. The minimum absolute atomic E-state index is 0.0175. The first kappa shape index (κ1) is 12.0. The Kier molecular flexibility index (Phi) is 3.11. The molecule has 17 heavy (non-hydrogen) atoms. The van der Waals surface area contributed by atoms with Crippen LogP contribution in [0.1, 0.15) is 11.6 Å². The van der Waals surface area contributed by atoms with Gasteiger partial charge in [0.1, 0.15) is 11.9 Å². The highest BCUT2D eigenvalue weighted by Crippen LogP contribution is 2.28. The van der Waals surface area contributed by atoms with Gasteiger partial charge in [-0.05, 0) is 0 Å². The quantitative estimate of drug-likeness (QED) is 0.326. The Morgan fingerprint density at radius 3 is 2.65 bits per heavy atom. The SMILES string of the molecule is Nc1nc(=O)[nH]cc1C1N[C@H](CO)[C@@H](O)[C@H]1O. The van der Waals surface area contributed by atoms with E-state index in [1.807, 2.05) is 0 Å². The molecular weight excluding hydrogens is 228 g/mol. The molecule has 0 aliphatic carbocycles. The third kappa shape index (κ3) is 2.03. The number of rotatable bonds is 2. The molecule has 8 heteroatoms. The fraction of sp³-hybridized carbons (Fsp3) is 0.556. The minimum Gasteiger partial charge on any atom is -0.395 e. The molecule has 0 aromatic carbocycles. The summed E-state index contributed by atoms with van der Waals surface area (Å²) >= 11 is 0. The van der Waals surface area contributed by atoms with Crippen LogP contribution >= 0.6 is 0 Å². The lowest BCUT2D eigenvalue weighted by Crippen LogP contribution is -2.35. The van der Waals surface area contributed by atoms with Crippen molar-refractivity contribution in [2.45, 2.75) is 24.3 Å². The summed E-state index contributed by atoms with van der Waals surface area (Å²) in [5, 5.41) is 31.3. The second-order valence-electron chi connectivity index (χ2n) is 3.96. The number of nitrogens with zero attached hydrogens (tertiary/aromatic N) is 1. The van der Waals surface area contributed by atoms with Crippen LogP contribution in [0.5, 0.6) is 0 Å². The molecule has 94 valence electrons. The third-order valence-electron chi connectivity index (χ3n) is 2.90. The summed E-state index contributed by atoms with van der Waals surface area (Å²) in [6.45, 7) is -0.314. The van der Waals surface area contributed by atoms with Crippen molar-refractivity contribution in [1.29, 1.82) is 0 Å². The summed E-state index contributed by atoms with van der Waals surface area (Å²) in [5.74, 6) is -0.0175. The number of hydrogen-bond donors (Lipinski definition) is 6. The maximum Gasteiger partial charge on any atom is 0.346 e. The summed E-state index contributed by atoms with van der Waals surface area (Å²) in [4.78, 5) is 16.7. The largest absolute Gasteiger partial charge is 0.395 e. The Bertz CT molecular complexity index is 463. The van der Waals surface area contributed by atoms with Crippen LogP contribution < -0.4 is 16.7 Å². The lowest BCUT2D eigenvalue weighted by Gasteiger charge is -2.16. The molecule has 0 radical (unpaired) electrons. The van der Waals surface area contributed by atoms with Gasteiger partial charge in [0.05, 0.1) is 24.8 Å². The maximum atomic E-state index is 10.9. The summed E-state index contributed by atoms with van der Waals surface area (Å²) in [7, 11) is 0.